The Bertz CT molecular complexity index is 823. The molecule has 3 fully saturated rings. The summed E-state index contributed by atoms with van der Waals surface area (Å²) in [5, 5.41) is 0. The zero-order valence-electron chi connectivity index (χ0n) is 19.7. The fourth-order valence-corrected chi connectivity index (χ4v) is 7.41. The van der Waals surface area contributed by atoms with Crippen LogP contribution in [0.25, 0.3) is 0 Å². The van der Waals surface area contributed by atoms with Crippen molar-refractivity contribution >= 4 is 5.91 Å². The van der Waals surface area contributed by atoms with Crippen LogP contribution in [-0.2, 0) is 11.2 Å². The van der Waals surface area contributed by atoms with E-state index >= 15 is 0 Å². The molecule has 0 radical (unpaired) electrons. The number of hydrogen-bond acceptors (Lipinski definition) is 3. The Morgan fingerprint density at radius 2 is 2.03 bits per heavy atom. The van der Waals surface area contributed by atoms with E-state index in [1.54, 1.807) is 5.56 Å². The van der Waals surface area contributed by atoms with Crippen molar-refractivity contribution in [3.63, 3.8) is 0 Å². The summed E-state index contributed by atoms with van der Waals surface area (Å²) in [6.45, 7) is 7.93. The van der Waals surface area contributed by atoms with Crippen LogP contribution in [0, 0.1) is 11.8 Å². The molecule has 31 heavy (non-hydrogen) atoms. The van der Waals surface area contributed by atoms with Gasteiger partial charge >= 0.3 is 0 Å². The van der Waals surface area contributed by atoms with E-state index in [1.165, 1.54) is 37.8 Å². The first kappa shape index (κ1) is 21.3. The first-order valence-corrected chi connectivity index (χ1v) is 12.7. The molecule has 2 aliphatic carbocycles. The van der Waals surface area contributed by atoms with Crippen LogP contribution in [0.5, 0.6) is 5.75 Å². The molecule has 5 atom stereocenters. The number of benzene rings is 1. The molecule has 0 N–H and O–H groups in total. The Morgan fingerprint density at radius 3 is 2.84 bits per heavy atom. The van der Waals surface area contributed by atoms with Crippen LogP contribution in [0.1, 0.15) is 82.3 Å². The molecule has 170 valence electrons. The topological polar surface area (TPSA) is 32.8 Å². The molecule has 1 aromatic rings. The lowest BCUT2D eigenvalue weighted by atomic mass is 9.55. The Balaban J connectivity index is 1.22. The van der Waals surface area contributed by atoms with Crippen molar-refractivity contribution in [2.75, 3.05) is 26.7 Å². The lowest BCUT2D eigenvalue weighted by Crippen LogP contribution is -2.60. The van der Waals surface area contributed by atoms with Crippen LogP contribution in [-0.4, -0.2) is 54.0 Å². The van der Waals surface area contributed by atoms with Gasteiger partial charge in [-0.15, -0.1) is 0 Å². The number of fused-ring (bicyclic) bond motifs is 5. The van der Waals surface area contributed by atoms with Crippen LogP contribution in [0.2, 0.25) is 0 Å². The van der Waals surface area contributed by atoms with Gasteiger partial charge in [-0.3, -0.25) is 4.79 Å². The molecule has 4 heteroatoms. The number of nitrogens with zero attached hydrogens (tertiary/aromatic N) is 2. The number of piperidine rings is 1. The summed E-state index contributed by atoms with van der Waals surface area (Å²) in [6, 6.07) is 7.65. The van der Waals surface area contributed by atoms with Crippen LogP contribution in [0.3, 0.4) is 0 Å². The molecule has 1 aromatic carbocycles. The van der Waals surface area contributed by atoms with Gasteiger partial charge in [0.2, 0.25) is 5.91 Å². The average molecular weight is 425 g/mol. The van der Waals surface area contributed by atoms with E-state index in [4.69, 9.17) is 4.74 Å². The Labute approximate surface area is 188 Å². The smallest absolute Gasteiger partial charge is 0.222 e. The van der Waals surface area contributed by atoms with Crippen LogP contribution in [0.15, 0.2) is 18.2 Å². The Kier molecular flexibility index (Phi) is 5.79. The molecule has 0 aromatic heterocycles. The summed E-state index contributed by atoms with van der Waals surface area (Å²) >= 11 is 0. The standard InChI is InChI=1S/C27H40N2O2/c1-19-6-4-15-29(19)16-5-17-31-21-8-10-22-20(18-21)7-9-24-23(22)13-14-27(2)25(24)11-12-26(30)28(27)3/h8,10,18-19,23-25H,4-7,9,11-17H2,1-3H3/t19-,23-,24-,25+,27+/m1/s1. The maximum atomic E-state index is 12.4. The van der Waals surface area contributed by atoms with Crippen molar-refractivity contribution < 1.29 is 9.53 Å². The van der Waals surface area contributed by atoms with Gasteiger partial charge < -0.3 is 14.5 Å². The molecular formula is C27H40N2O2. The summed E-state index contributed by atoms with van der Waals surface area (Å²) < 4.78 is 6.16. The van der Waals surface area contributed by atoms with Gasteiger partial charge in [-0.1, -0.05) is 6.07 Å². The van der Waals surface area contributed by atoms with Crippen molar-refractivity contribution in [3.8, 4) is 5.75 Å². The summed E-state index contributed by atoms with van der Waals surface area (Å²) in [6.07, 6.45) is 10.4. The van der Waals surface area contributed by atoms with Crippen LogP contribution < -0.4 is 4.74 Å². The largest absolute Gasteiger partial charge is 0.494 e. The monoisotopic (exact) mass is 424 g/mol. The van der Waals surface area contributed by atoms with E-state index in [9.17, 15) is 4.79 Å². The number of carbonyl (C=O) groups excluding carboxylic acids is 1. The second-order valence-electron chi connectivity index (χ2n) is 10.9. The zero-order valence-corrected chi connectivity index (χ0v) is 19.7. The molecule has 2 heterocycles. The van der Waals surface area contributed by atoms with Gasteiger partial charge in [-0.25, -0.2) is 0 Å². The molecule has 2 saturated heterocycles. The first-order chi connectivity index (χ1) is 15.0. The highest BCUT2D eigenvalue weighted by Crippen LogP contribution is 2.55. The number of hydrogen-bond donors (Lipinski definition) is 0. The van der Waals surface area contributed by atoms with Gasteiger partial charge in [0.15, 0.2) is 0 Å². The minimum Gasteiger partial charge on any atom is -0.494 e. The molecule has 0 unspecified atom stereocenters. The fraction of sp³-hybridized carbons (Fsp3) is 0.741. The number of ether oxygens (including phenoxy) is 1. The highest BCUT2D eigenvalue weighted by Gasteiger charge is 2.52. The SMILES string of the molecule is C[C@@H]1CCCN1CCCOc1ccc2c(c1)CC[C@@H]1[C@@H]2CC[C@@]2(C)[C@H]1CCC(=O)N2C. The molecule has 1 saturated carbocycles. The minimum atomic E-state index is 0.0594. The minimum absolute atomic E-state index is 0.0594. The molecule has 0 bridgehead atoms. The van der Waals surface area contributed by atoms with E-state index in [1.807, 2.05) is 7.05 Å². The maximum Gasteiger partial charge on any atom is 0.222 e. The van der Waals surface area contributed by atoms with Gasteiger partial charge in [-0.05, 0) is 113 Å². The first-order valence-electron chi connectivity index (χ1n) is 12.7. The van der Waals surface area contributed by atoms with Crippen molar-refractivity contribution in [1.29, 1.82) is 0 Å². The Morgan fingerprint density at radius 1 is 1.16 bits per heavy atom. The molecule has 4 aliphatic rings. The average Bonchev–Trinajstić information content (AvgIpc) is 3.18. The quantitative estimate of drug-likeness (QED) is 0.623. The molecule has 5 rings (SSSR count). The zero-order chi connectivity index (χ0) is 21.6. The third-order valence-electron chi connectivity index (χ3n) is 9.41. The predicted octanol–water partition coefficient (Wildman–Crippen LogP) is 5.01. The van der Waals surface area contributed by atoms with Crippen molar-refractivity contribution in [3.05, 3.63) is 29.3 Å². The highest BCUT2D eigenvalue weighted by molar-refractivity contribution is 5.77. The second-order valence-corrected chi connectivity index (χ2v) is 10.9. The third kappa shape index (κ3) is 3.79. The van der Waals surface area contributed by atoms with E-state index in [0.717, 1.165) is 63.0 Å². The number of rotatable bonds is 5. The highest BCUT2D eigenvalue weighted by atomic mass is 16.5. The van der Waals surface area contributed by atoms with Gasteiger partial charge in [0.25, 0.3) is 0 Å². The third-order valence-corrected chi connectivity index (χ3v) is 9.41. The summed E-state index contributed by atoms with van der Waals surface area (Å²) in [7, 11) is 2.04. The number of likely N-dealkylation sites (tertiary alicyclic amines) is 2. The van der Waals surface area contributed by atoms with Crippen molar-refractivity contribution in [2.24, 2.45) is 11.8 Å². The van der Waals surface area contributed by atoms with Crippen LogP contribution >= 0.6 is 0 Å². The molecule has 4 nitrogen and oxygen atoms in total. The number of aryl methyl sites for hydroxylation is 1. The van der Waals surface area contributed by atoms with Gasteiger partial charge in [0.1, 0.15) is 5.75 Å². The van der Waals surface area contributed by atoms with Crippen molar-refractivity contribution in [1.82, 2.24) is 9.80 Å². The fourth-order valence-electron chi connectivity index (χ4n) is 7.41. The normalized spacial score (nSPS) is 35.5. The summed E-state index contributed by atoms with van der Waals surface area (Å²) in [4.78, 5) is 17.0. The van der Waals surface area contributed by atoms with Gasteiger partial charge in [0, 0.05) is 31.6 Å². The Hall–Kier alpha value is -1.55. The maximum absolute atomic E-state index is 12.4. The molecule has 1 amide bonds. The van der Waals surface area contributed by atoms with Gasteiger partial charge in [-0.2, -0.15) is 0 Å². The van der Waals surface area contributed by atoms with Crippen LogP contribution in [0.4, 0.5) is 0 Å². The molecule has 2 aliphatic heterocycles. The van der Waals surface area contributed by atoms with Crippen molar-refractivity contribution in [2.45, 2.75) is 89.1 Å². The summed E-state index contributed by atoms with van der Waals surface area (Å²) in [5.74, 6) is 3.42. The summed E-state index contributed by atoms with van der Waals surface area (Å²) in [5.41, 5.74) is 3.14. The predicted molar refractivity (Wildman–Crippen MR) is 125 cm³/mol. The second kappa shape index (κ2) is 8.42. The lowest BCUT2D eigenvalue weighted by molar-refractivity contribution is -0.148. The molecule has 0 spiro atoms. The van der Waals surface area contributed by atoms with Gasteiger partial charge in [0.05, 0.1) is 6.61 Å². The number of amides is 1. The van der Waals surface area contributed by atoms with E-state index in [2.05, 4.69) is 41.8 Å². The van der Waals surface area contributed by atoms with E-state index in [0.29, 0.717) is 17.7 Å². The van der Waals surface area contributed by atoms with E-state index < -0.39 is 0 Å². The molecular weight excluding hydrogens is 384 g/mol. The lowest BCUT2D eigenvalue weighted by Gasteiger charge is -2.57. The number of carbonyl (C=O) groups is 1. The van der Waals surface area contributed by atoms with E-state index in [-0.39, 0.29) is 5.54 Å².